The minimum atomic E-state index is -4.14. The number of phosphoric acid groups is 1. The number of nitrogens with zero attached hydrogens (tertiary/aromatic N) is 1. The van der Waals surface area contributed by atoms with E-state index >= 15 is 0 Å². The molecule has 0 fully saturated rings. The van der Waals surface area contributed by atoms with Gasteiger partial charge in [-0.25, -0.2) is 4.57 Å². The maximum Gasteiger partial charge on any atom is 0.473 e. The van der Waals surface area contributed by atoms with Gasteiger partial charge in [0.1, 0.15) is 12.8 Å². The third kappa shape index (κ3) is 7.87. The van der Waals surface area contributed by atoms with E-state index in [0.29, 0.717) is 6.54 Å². The van der Waals surface area contributed by atoms with Crippen LogP contribution < -0.4 is 0 Å². The van der Waals surface area contributed by atoms with Crippen LogP contribution in [-0.2, 0) is 13.6 Å². The van der Waals surface area contributed by atoms with E-state index in [9.17, 15) is 4.57 Å². The third-order valence-corrected chi connectivity index (χ3v) is 2.54. The number of phosphoric ester groups is 1. The first-order valence-corrected chi connectivity index (χ1v) is 6.00. The fourth-order valence-electron chi connectivity index (χ4n) is 0.533. The van der Waals surface area contributed by atoms with Gasteiger partial charge in [-0.3, -0.25) is 13.9 Å². The summed E-state index contributed by atoms with van der Waals surface area (Å²) in [6.07, 6.45) is -1.18. The first-order valence-electron chi connectivity index (χ1n) is 4.50. The van der Waals surface area contributed by atoms with Gasteiger partial charge in [0, 0.05) is 0 Å². The zero-order chi connectivity index (χ0) is 11.9. The Kier molecular flexibility index (Phi) is 7.29. The van der Waals surface area contributed by atoms with E-state index in [4.69, 9.17) is 15.1 Å². The summed E-state index contributed by atoms with van der Waals surface area (Å²) < 4.78 is 20.2. The molecule has 0 rings (SSSR count). The van der Waals surface area contributed by atoms with Crippen molar-refractivity contribution in [2.45, 2.75) is 13.0 Å². The lowest BCUT2D eigenvalue weighted by atomic mass is 10.4. The highest BCUT2D eigenvalue weighted by molar-refractivity contribution is 7.47. The van der Waals surface area contributed by atoms with Crippen molar-refractivity contribution in [3.05, 3.63) is 0 Å². The molecule has 0 aliphatic heterocycles. The molecule has 0 aromatic heterocycles. The fraction of sp³-hybridized carbons (Fsp3) is 1.00. The molecule has 92 valence electrons. The van der Waals surface area contributed by atoms with Gasteiger partial charge in [-0.1, -0.05) is 6.92 Å². The van der Waals surface area contributed by atoms with Gasteiger partial charge < -0.3 is 15.1 Å². The van der Waals surface area contributed by atoms with Gasteiger partial charge in [-0.15, -0.1) is 0 Å². The summed E-state index contributed by atoms with van der Waals surface area (Å²) in [5.41, 5.74) is 0. The van der Waals surface area contributed by atoms with Crippen molar-refractivity contribution < 1.29 is 28.7 Å². The molecule has 0 saturated heterocycles. The molecule has 0 aromatic rings. The summed E-state index contributed by atoms with van der Waals surface area (Å²) in [5, 5.41) is 17.3. The van der Waals surface area contributed by atoms with Crippen LogP contribution in [0, 0.1) is 0 Å². The predicted octanol–water partition coefficient (Wildman–Crippen LogP) is -0.618. The molecule has 0 bridgehead atoms. The second kappa shape index (κ2) is 7.29. The monoisotopic (exact) mass is 243 g/mol. The topological polar surface area (TPSA) is 99.5 Å². The lowest BCUT2D eigenvalue weighted by Crippen LogP contribution is -2.22. The molecule has 0 saturated carbocycles. The molecule has 2 unspecified atom stereocenters. The molecular formula is C7H18NO6P. The van der Waals surface area contributed by atoms with Crippen molar-refractivity contribution in [3.63, 3.8) is 0 Å². The summed E-state index contributed by atoms with van der Waals surface area (Å²) in [5.74, 6) is 0. The predicted molar refractivity (Wildman–Crippen MR) is 53.1 cm³/mol. The van der Waals surface area contributed by atoms with Crippen LogP contribution in [0.2, 0.25) is 0 Å². The number of hydrogen-bond acceptors (Lipinski definition) is 6. The van der Waals surface area contributed by atoms with E-state index in [-0.39, 0.29) is 6.73 Å². The molecule has 8 heteroatoms. The van der Waals surface area contributed by atoms with Gasteiger partial charge in [-0.2, -0.15) is 0 Å². The smallest absolute Gasteiger partial charge is 0.394 e. The Labute approximate surface area is 88.8 Å². The standard InChI is InChI=1S/C7H18NO6P/c1-3-8(2)6-14-15(11,12)13-5-7(10)4-9/h7,9-10H,3-6H2,1-2H3,(H,11,12). The normalized spacial score (nSPS) is 17.7. The molecule has 0 radical (unpaired) electrons. The van der Waals surface area contributed by atoms with E-state index in [1.165, 1.54) is 0 Å². The zero-order valence-corrected chi connectivity index (χ0v) is 9.76. The highest BCUT2D eigenvalue weighted by Crippen LogP contribution is 2.43. The number of aliphatic hydroxyl groups is 2. The molecule has 15 heavy (non-hydrogen) atoms. The Morgan fingerprint density at radius 2 is 2.07 bits per heavy atom. The molecule has 0 aromatic carbocycles. The molecule has 0 amide bonds. The molecule has 0 heterocycles. The summed E-state index contributed by atoms with van der Waals surface area (Å²) in [4.78, 5) is 10.8. The van der Waals surface area contributed by atoms with Crippen molar-refractivity contribution in [2.75, 3.05) is 33.5 Å². The summed E-state index contributed by atoms with van der Waals surface area (Å²) in [6.45, 7) is 1.51. The first kappa shape index (κ1) is 15.0. The largest absolute Gasteiger partial charge is 0.473 e. The Morgan fingerprint density at radius 3 is 2.53 bits per heavy atom. The molecule has 2 atom stereocenters. The minimum absolute atomic E-state index is 0.0422. The van der Waals surface area contributed by atoms with Crippen LogP contribution in [0.25, 0.3) is 0 Å². The molecule has 0 spiro atoms. The van der Waals surface area contributed by atoms with Gasteiger partial charge in [0.2, 0.25) is 0 Å². The highest BCUT2D eigenvalue weighted by Gasteiger charge is 2.22. The Balaban J connectivity index is 3.81. The average molecular weight is 243 g/mol. The lowest BCUT2D eigenvalue weighted by molar-refractivity contribution is 0.0280. The number of hydrogen-bond donors (Lipinski definition) is 3. The quantitative estimate of drug-likeness (QED) is 0.386. The first-order chi connectivity index (χ1) is 6.91. The second-order valence-corrected chi connectivity index (χ2v) is 4.48. The SMILES string of the molecule is CCN(C)COP(=O)(O)OCC(O)CO. The van der Waals surface area contributed by atoms with Crippen molar-refractivity contribution in [1.82, 2.24) is 4.90 Å². The van der Waals surface area contributed by atoms with E-state index in [0.717, 1.165) is 0 Å². The van der Waals surface area contributed by atoms with Crippen molar-refractivity contribution in [1.29, 1.82) is 0 Å². The van der Waals surface area contributed by atoms with Crippen LogP contribution in [-0.4, -0.2) is 59.6 Å². The summed E-state index contributed by atoms with van der Waals surface area (Å²) in [7, 11) is -2.43. The number of rotatable bonds is 8. The average Bonchev–Trinajstić information content (AvgIpc) is 2.22. The van der Waals surface area contributed by atoms with Gasteiger partial charge in [0.05, 0.1) is 13.2 Å². The van der Waals surface area contributed by atoms with Crippen molar-refractivity contribution in [3.8, 4) is 0 Å². The van der Waals surface area contributed by atoms with Gasteiger partial charge in [0.25, 0.3) is 0 Å². The summed E-state index contributed by atoms with van der Waals surface area (Å²) >= 11 is 0. The van der Waals surface area contributed by atoms with Gasteiger partial charge in [0.15, 0.2) is 0 Å². The Morgan fingerprint density at radius 1 is 1.47 bits per heavy atom. The van der Waals surface area contributed by atoms with Gasteiger partial charge >= 0.3 is 7.82 Å². The molecular weight excluding hydrogens is 225 g/mol. The van der Waals surface area contributed by atoms with Crippen LogP contribution in [0.3, 0.4) is 0 Å². The van der Waals surface area contributed by atoms with E-state index in [2.05, 4.69) is 9.05 Å². The number of aliphatic hydroxyl groups excluding tert-OH is 2. The molecule has 7 nitrogen and oxygen atoms in total. The minimum Gasteiger partial charge on any atom is -0.394 e. The Hall–Kier alpha value is -0.0100. The molecule has 0 aliphatic rings. The van der Waals surface area contributed by atoms with Gasteiger partial charge in [-0.05, 0) is 13.6 Å². The van der Waals surface area contributed by atoms with Crippen LogP contribution in [0.15, 0.2) is 0 Å². The zero-order valence-electron chi connectivity index (χ0n) is 8.87. The van der Waals surface area contributed by atoms with Crippen LogP contribution in [0.4, 0.5) is 0 Å². The highest BCUT2D eigenvalue weighted by atomic mass is 31.2. The maximum atomic E-state index is 11.1. The summed E-state index contributed by atoms with van der Waals surface area (Å²) in [6, 6.07) is 0. The Bertz CT molecular complexity index is 196. The fourth-order valence-corrected chi connectivity index (χ4v) is 1.31. The van der Waals surface area contributed by atoms with E-state index in [1.807, 2.05) is 6.92 Å². The van der Waals surface area contributed by atoms with E-state index in [1.54, 1.807) is 11.9 Å². The lowest BCUT2D eigenvalue weighted by Gasteiger charge is -2.18. The maximum absolute atomic E-state index is 11.1. The van der Waals surface area contributed by atoms with Crippen molar-refractivity contribution in [2.24, 2.45) is 0 Å². The molecule has 3 N–H and O–H groups in total. The van der Waals surface area contributed by atoms with E-state index < -0.39 is 27.1 Å². The molecule has 0 aliphatic carbocycles. The van der Waals surface area contributed by atoms with Crippen molar-refractivity contribution >= 4 is 7.82 Å². The second-order valence-electron chi connectivity index (χ2n) is 3.03. The van der Waals surface area contributed by atoms with Crippen LogP contribution in [0.1, 0.15) is 6.92 Å². The van der Waals surface area contributed by atoms with Crippen LogP contribution >= 0.6 is 7.82 Å². The van der Waals surface area contributed by atoms with Crippen LogP contribution in [0.5, 0.6) is 0 Å². The third-order valence-electron chi connectivity index (χ3n) is 1.62.